The van der Waals surface area contributed by atoms with Crippen molar-refractivity contribution >= 4 is 25.6 Å². The van der Waals surface area contributed by atoms with Crippen LogP contribution in [-0.4, -0.2) is 33.8 Å². The fourth-order valence-corrected chi connectivity index (χ4v) is 5.54. The molecule has 6 nitrogen and oxygen atoms in total. The van der Waals surface area contributed by atoms with Gasteiger partial charge in [0.25, 0.3) is 0 Å². The van der Waals surface area contributed by atoms with E-state index in [0.29, 0.717) is 10.5 Å². The molecule has 0 N–H and O–H groups in total. The van der Waals surface area contributed by atoms with Gasteiger partial charge in [0.2, 0.25) is 0 Å². The van der Waals surface area contributed by atoms with Crippen molar-refractivity contribution in [1.82, 2.24) is 0 Å². The van der Waals surface area contributed by atoms with Gasteiger partial charge >= 0.3 is 5.97 Å². The highest BCUT2D eigenvalue weighted by atomic mass is 32.2. The molecular formula is C26H30O6S2. The smallest absolute Gasteiger partial charge is 0.343 e. The lowest BCUT2D eigenvalue weighted by Crippen LogP contribution is -2.24. The third-order valence-corrected chi connectivity index (χ3v) is 9.50. The summed E-state index contributed by atoms with van der Waals surface area (Å²) in [5.41, 5.74) is 0.372. The van der Waals surface area contributed by atoms with Crippen LogP contribution >= 0.6 is 0 Å². The van der Waals surface area contributed by atoms with Gasteiger partial charge in [0.15, 0.2) is 19.7 Å². The third kappa shape index (κ3) is 7.01. The molecule has 0 fully saturated rings. The van der Waals surface area contributed by atoms with Gasteiger partial charge < -0.3 is 4.74 Å². The summed E-state index contributed by atoms with van der Waals surface area (Å²) in [7, 11) is -6.57. The van der Waals surface area contributed by atoms with Gasteiger partial charge in [-0.15, -0.1) is 0 Å². The molecule has 0 heterocycles. The molecule has 0 aliphatic heterocycles. The van der Waals surface area contributed by atoms with E-state index < -0.39 is 30.9 Å². The molecule has 8 heteroatoms. The van der Waals surface area contributed by atoms with Crippen molar-refractivity contribution in [2.45, 2.75) is 42.7 Å². The topological polar surface area (TPSA) is 94.6 Å². The molecule has 3 aromatic rings. The number of ether oxygens (including phenoxy) is 1. The molecule has 0 radical (unpaired) electrons. The van der Waals surface area contributed by atoms with Crippen molar-refractivity contribution in [2.75, 3.05) is 5.75 Å². The van der Waals surface area contributed by atoms with Crippen LogP contribution in [0.3, 0.4) is 0 Å². The monoisotopic (exact) mass is 502 g/mol. The van der Waals surface area contributed by atoms with E-state index in [0.717, 1.165) is 0 Å². The average molecular weight is 503 g/mol. The van der Waals surface area contributed by atoms with E-state index in [4.69, 9.17) is 4.74 Å². The Morgan fingerprint density at radius 2 is 1.26 bits per heavy atom. The Balaban J connectivity index is 0.000000310. The number of sulfone groups is 2. The van der Waals surface area contributed by atoms with Gasteiger partial charge in [-0.3, -0.25) is 0 Å². The largest absolute Gasteiger partial charge is 0.422 e. The molecule has 0 bridgehead atoms. The molecule has 0 aromatic heterocycles. The second kappa shape index (κ2) is 11.9. The van der Waals surface area contributed by atoms with Crippen LogP contribution in [0.25, 0.3) is 0 Å². The Hall–Kier alpha value is -2.97. The molecule has 182 valence electrons. The second-order valence-corrected chi connectivity index (χ2v) is 12.5. The lowest BCUT2D eigenvalue weighted by molar-refractivity contribution is 0.0730. The van der Waals surface area contributed by atoms with Crippen LogP contribution in [0.5, 0.6) is 5.75 Å². The Kier molecular flexibility index (Phi) is 9.58. The molecule has 3 aromatic carbocycles. The van der Waals surface area contributed by atoms with Crippen molar-refractivity contribution in [3.05, 3.63) is 90.5 Å². The number of hydrogen-bond donors (Lipinski definition) is 0. The minimum atomic E-state index is -3.57. The number of benzene rings is 3. The Labute approximate surface area is 202 Å². The number of para-hydroxylation sites is 1. The molecule has 0 amide bonds. The zero-order valence-corrected chi connectivity index (χ0v) is 21.3. The van der Waals surface area contributed by atoms with Crippen molar-refractivity contribution < 1.29 is 26.4 Å². The number of carbonyl (C=O) groups is 1. The van der Waals surface area contributed by atoms with Crippen LogP contribution in [-0.2, 0) is 19.7 Å². The third-order valence-electron chi connectivity index (χ3n) is 5.28. The Morgan fingerprint density at radius 3 is 1.79 bits per heavy atom. The molecule has 1 atom stereocenters. The Bertz CT molecular complexity index is 1280. The van der Waals surface area contributed by atoms with E-state index >= 15 is 0 Å². The number of esters is 1. The summed E-state index contributed by atoms with van der Waals surface area (Å²) in [5.74, 6) is -0.394. The van der Waals surface area contributed by atoms with Crippen LogP contribution in [0.2, 0.25) is 0 Å². The minimum absolute atomic E-state index is 0.0436. The standard InChI is InChI=1S/C18H20O4S.C8H10O2S/c1-13(2)14(3)23(20,21)17-12-8-7-11-16(17)22-18(19)15-9-5-4-6-10-15;1-2-11(9,10)8-6-4-3-5-7-8/h4-14H,1-3H3;3-7H,2H2,1H3. The lowest BCUT2D eigenvalue weighted by atomic mass is 10.2. The normalized spacial score (nSPS) is 12.4. The van der Waals surface area contributed by atoms with Crippen LogP contribution in [0, 0.1) is 5.92 Å². The highest BCUT2D eigenvalue weighted by Gasteiger charge is 2.29. The molecule has 0 aliphatic rings. The van der Waals surface area contributed by atoms with E-state index in [1.807, 2.05) is 13.8 Å². The first-order valence-corrected chi connectivity index (χ1v) is 14.1. The molecule has 0 aliphatic carbocycles. The maximum atomic E-state index is 12.7. The maximum Gasteiger partial charge on any atom is 0.343 e. The van der Waals surface area contributed by atoms with Gasteiger partial charge in [0, 0.05) is 0 Å². The quantitative estimate of drug-likeness (QED) is 0.325. The first kappa shape index (κ1) is 27.3. The van der Waals surface area contributed by atoms with E-state index in [2.05, 4.69) is 0 Å². The van der Waals surface area contributed by atoms with E-state index in [9.17, 15) is 21.6 Å². The molecule has 34 heavy (non-hydrogen) atoms. The molecule has 1 unspecified atom stereocenters. The minimum Gasteiger partial charge on any atom is -0.422 e. The zero-order valence-electron chi connectivity index (χ0n) is 19.7. The van der Waals surface area contributed by atoms with Gasteiger partial charge in [-0.05, 0) is 49.2 Å². The Morgan fingerprint density at radius 1 is 0.765 bits per heavy atom. The van der Waals surface area contributed by atoms with E-state index in [1.54, 1.807) is 86.6 Å². The zero-order chi connectivity index (χ0) is 25.4. The maximum absolute atomic E-state index is 12.7. The molecule has 0 saturated heterocycles. The van der Waals surface area contributed by atoms with E-state index in [1.165, 1.54) is 12.1 Å². The van der Waals surface area contributed by atoms with Crippen molar-refractivity contribution in [2.24, 2.45) is 5.92 Å². The van der Waals surface area contributed by atoms with Gasteiger partial charge in [-0.25, -0.2) is 21.6 Å². The summed E-state index contributed by atoms with van der Waals surface area (Å²) in [6.07, 6.45) is 0. The predicted octanol–water partition coefficient (Wildman–Crippen LogP) is 5.20. The van der Waals surface area contributed by atoms with Crippen LogP contribution < -0.4 is 4.74 Å². The number of rotatable bonds is 7. The first-order valence-electron chi connectivity index (χ1n) is 10.9. The molecular weight excluding hydrogens is 472 g/mol. The van der Waals surface area contributed by atoms with Crippen LogP contribution in [0.15, 0.2) is 94.7 Å². The first-order chi connectivity index (χ1) is 16.0. The van der Waals surface area contributed by atoms with Crippen LogP contribution in [0.4, 0.5) is 0 Å². The summed E-state index contributed by atoms with van der Waals surface area (Å²) in [4.78, 5) is 12.6. The van der Waals surface area contributed by atoms with E-state index in [-0.39, 0.29) is 22.3 Å². The molecule has 0 spiro atoms. The summed E-state index contributed by atoms with van der Waals surface area (Å²) >= 11 is 0. The summed E-state index contributed by atoms with van der Waals surface area (Å²) in [6, 6.07) is 23.2. The summed E-state index contributed by atoms with van der Waals surface area (Å²) in [6.45, 7) is 7.00. The SMILES string of the molecule is CC(C)C(C)S(=O)(=O)c1ccccc1OC(=O)c1ccccc1.CCS(=O)(=O)c1ccccc1. The summed E-state index contributed by atoms with van der Waals surface area (Å²) in [5, 5.41) is -0.570. The highest BCUT2D eigenvalue weighted by molar-refractivity contribution is 7.92. The van der Waals surface area contributed by atoms with Gasteiger partial charge in [-0.1, -0.05) is 69.3 Å². The van der Waals surface area contributed by atoms with Gasteiger partial charge in [0.05, 0.1) is 21.5 Å². The fraction of sp³-hybridized carbons (Fsp3) is 0.269. The fourth-order valence-electron chi connectivity index (χ4n) is 2.86. The average Bonchev–Trinajstić information content (AvgIpc) is 2.85. The lowest BCUT2D eigenvalue weighted by Gasteiger charge is -2.18. The van der Waals surface area contributed by atoms with Crippen molar-refractivity contribution in [1.29, 1.82) is 0 Å². The predicted molar refractivity (Wildman–Crippen MR) is 133 cm³/mol. The highest BCUT2D eigenvalue weighted by Crippen LogP contribution is 2.29. The van der Waals surface area contributed by atoms with Crippen molar-refractivity contribution in [3.63, 3.8) is 0 Å². The van der Waals surface area contributed by atoms with Gasteiger partial charge in [-0.2, -0.15) is 0 Å². The molecule has 0 saturated carbocycles. The van der Waals surface area contributed by atoms with Crippen molar-refractivity contribution in [3.8, 4) is 5.75 Å². The van der Waals surface area contributed by atoms with Crippen LogP contribution in [0.1, 0.15) is 38.1 Å². The molecule has 3 rings (SSSR count). The number of hydrogen-bond acceptors (Lipinski definition) is 6. The second-order valence-electron chi connectivity index (χ2n) is 7.91. The number of carbonyl (C=O) groups excluding carboxylic acids is 1. The summed E-state index contributed by atoms with van der Waals surface area (Å²) < 4.78 is 53.2. The van der Waals surface area contributed by atoms with Gasteiger partial charge in [0.1, 0.15) is 10.6 Å².